The predicted octanol–water partition coefficient (Wildman–Crippen LogP) is 8.59. The number of aromatic nitrogens is 2. The van der Waals surface area contributed by atoms with Gasteiger partial charge in [0, 0.05) is 9.86 Å². The molecule has 6 rings (SSSR count). The van der Waals surface area contributed by atoms with E-state index < -0.39 is 0 Å². The van der Waals surface area contributed by atoms with Crippen LogP contribution in [0.3, 0.4) is 0 Å². The summed E-state index contributed by atoms with van der Waals surface area (Å²) in [5, 5.41) is 6.11. The quantitative estimate of drug-likeness (QED) is 0.165. The van der Waals surface area contributed by atoms with Gasteiger partial charge in [0.1, 0.15) is 18.0 Å². The van der Waals surface area contributed by atoms with Crippen LogP contribution in [0, 0.1) is 5.82 Å². The molecule has 0 aliphatic rings. The Balaban J connectivity index is 1.37. The first-order valence-electron chi connectivity index (χ1n) is 12.0. The van der Waals surface area contributed by atoms with Gasteiger partial charge in [-0.1, -0.05) is 51.8 Å². The number of hydrogen-bond donors (Lipinski definition) is 0. The Labute approximate surface area is 248 Å². The van der Waals surface area contributed by atoms with Crippen molar-refractivity contribution in [1.29, 1.82) is 0 Å². The van der Waals surface area contributed by atoms with E-state index >= 15 is 0 Å². The highest BCUT2D eigenvalue weighted by atomic mass is 79.9. The lowest BCUT2D eigenvalue weighted by atomic mass is 10.2. The number of nitrogens with zero attached hydrogens (tertiary/aromatic N) is 3. The zero-order chi connectivity index (χ0) is 27.8. The van der Waals surface area contributed by atoms with Crippen molar-refractivity contribution >= 4 is 71.5 Å². The van der Waals surface area contributed by atoms with Gasteiger partial charge in [0.15, 0.2) is 11.5 Å². The van der Waals surface area contributed by atoms with E-state index in [1.54, 1.807) is 42.5 Å². The smallest absolute Gasteiger partial charge is 0.282 e. The van der Waals surface area contributed by atoms with Gasteiger partial charge in [0.2, 0.25) is 5.82 Å². The van der Waals surface area contributed by atoms with Crippen molar-refractivity contribution in [1.82, 2.24) is 9.66 Å². The Bertz CT molecular complexity index is 1960. The monoisotopic (exact) mass is 679 g/mol. The van der Waals surface area contributed by atoms with Crippen LogP contribution >= 0.6 is 43.5 Å². The highest BCUT2D eigenvalue weighted by Crippen LogP contribution is 2.35. The number of benzene rings is 4. The van der Waals surface area contributed by atoms with Crippen LogP contribution in [-0.2, 0) is 6.61 Å². The van der Waals surface area contributed by atoms with Gasteiger partial charge in [0.05, 0.1) is 26.6 Å². The molecule has 198 valence electrons. The van der Waals surface area contributed by atoms with Gasteiger partial charge < -0.3 is 9.15 Å². The number of fused-ring (bicyclic) bond motifs is 2. The average molecular weight is 682 g/mol. The van der Waals surface area contributed by atoms with Crippen LogP contribution < -0.4 is 10.3 Å². The third-order valence-electron chi connectivity index (χ3n) is 6.09. The number of furan rings is 1. The number of ether oxygens (including phenoxy) is 1. The van der Waals surface area contributed by atoms with Gasteiger partial charge >= 0.3 is 0 Å². The van der Waals surface area contributed by atoms with Crippen molar-refractivity contribution in [3.8, 4) is 17.3 Å². The molecule has 6 aromatic rings. The molecule has 0 atom stereocenters. The molecule has 0 N–H and O–H groups in total. The molecule has 0 unspecified atom stereocenters. The standard InChI is InChI=1S/C30H17Br2ClFN3O3/c31-20-7-10-26-19(13-20)14-27(40-26)29-36-25-4-2-1-3-22(25)30(38)37(29)35-15-18-11-23(32)28(24(33)12-18)39-16-17-5-8-21(34)9-6-17/h1-15H,16H2. The van der Waals surface area contributed by atoms with Crippen molar-refractivity contribution < 1.29 is 13.5 Å². The molecule has 0 aliphatic heterocycles. The summed E-state index contributed by atoms with van der Waals surface area (Å²) in [6.45, 7) is 0.210. The normalized spacial score (nSPS) is 11.6. The number of para-hydroxylation sites is 1. The van der Waals surface area contributed by atoms with Gasteiger partial charge in [-0.2, -0.15) is 9.78 Å². The van der Waals surface area contributed by atoms with Gasteiger partial charge in [-0.25, -0.2) is 9.37 Å². The molecule has 4 aromatic carbocycles. The van der Waals surface area contributed by atoms with Crippen LogP contribution in [0.2, 0.25) is 5.02 Å². The summed E-state index contributed by atoms with van der Waals surface area (Å²) in [5.74, 6) is 0.777. The van der Waals surface area contributed by atoms with Crippen molar-refractivity contribution in [3.05, 3.63) is 126 Å². The van der Waals surface area contributed by atoms with E-state index in [0.717, 1.165) is 15.4 Å². The Hall–Kier alpha value is -3.79. The summed E-state index contributed by atoms with van der Waals surface area (Å²) in [6.07, 6.45) is 1.51. The molecular weight excluding hydrogens is 665 g/mol. The summed E-state index contributed by atoms with van der Waals surface area (Å²) in [4.78, 5) is 18.2. The molecule has 10 heteroatoms. The minimum Gasteiger partial charge on any atom is -0.486 e. The maximum absolute atomic E-state index is 13.5. The van der Waals surface area contributed by atoms with Crippen LogP contribution in [-0.4, -0.2) is 15.9 Å². The first kappa shape index (κ1) is 26.4. The zero-order valence-corrected chi connectivity index (χ0v) is 24.4. The summed E-state index contributed by atoms with van der Waals surface area (Å²) >= 11 is 13.5. The van der Waals surface area contributed by atoms with Crippen molar-refractivity contribution in [2.24, 2.45) is 5.10 Å². The zero-order valence-electron chi connectivity index (χ0n) is 20.4. The minimum absolute atomic E-state index is 0.210. The third-order valence-corrected chi connectivity index (χ3v) is 7.45. The summed E-state index contributed by atoms with van der Waals surface area (Å²) in [6, 6.07) is 24.0. The molecule has 2 aromatic heterocycles. The Morgan fingerprint density at radius 3 is 2.62 bits per heavy atom. The van der Waals surface area contributed by atoms with Crippen molar-refractivity contribution in [2.45, 2.75) is 6.61 Å². The predicted molar refractivity (Wildman–Crippen MR) is 162 cm³/mol. The lowest BCUT2D eigenvalue weighted by molar-refractivity contribution is 0.304. The van der Waals surface area contributed by atoms with Crippen LogP contribution in [0.5, 0.6) is 5.75 Å². The van der Waals surface area contributed by atoms with Gasteiger partial charge in [-0.3, -0.25) is 4.79 Å². The average Bonchev–Trinajstić information content (AvgIpc) is 3.36. The minimum atomic E-state index is -0.345. The summed E-state index contributed by atoms with van der Waals surface area (Å²) < 4.78 is 27.8. The number of rotatable bonds is 6. The van der Waals surface area contributed by atoms with E-state index in [-0.39, 0.29) is 23.8 Å². The maximum Gasteiger partial charge on any atom is 0.282 e. The number of halogens is 4. The second kappa shape index (κ2) is 11.0. The second-order valence-corrected chi connectivity index (χ2v) is 11.0. The van der Waals surface area contributed by atoms with Crippen LogP contribution in [0.15, 0.2) is 108 Å². The van der Waals surface area contributed by atoms with Gasteiger partial charge in [-0.05, 0) is 87.7 Å². The fourth-order valence-electron chi connectivity index (χ4n) is 4.17. The van der Waals surface area contributed by atoms with Gasteiger partial charge in [0.25, 0.3) is 5.56 Å². The van der Waals surface area contributed by atoms with E-state index in [9.17, 15) is 9.18 Å². The fourth-order valence-corrected chi connectivity index (χ4v) is 5.53. The van der Waals surface area contributed by atoms with Crippen LogP contribution in [0.1, 0.15) is 11.1 Å². The molecule has 0 fully saturated rings. The molecule has 6 nitrogen and oxygen atoms in total. The Morgan fingerprint density at radius 1 is 1.02 bits per heavy atom. The SMILES string of the molecule is O=c1c2ccccc2nc(-c2cc3cc(Br)ccc3o2)n1N=Cc1cc(Cl)c(OCc2ccc(F)cc2)c(Br)c1. The lowest BCUT2D eigenvalue weighted by Crippen LogP contribution is -2.20. The lowest BCUT2D eigenvalue weighted by Gasteiger charge is -2.11. The topological polar surface area (TPSA) is 69.6 Å². The second-order valence-electron chi connectivity index (χ2n) is 8.84. The molecule has 0 saturated heterocycles. The molecule has 0 aliphatic carbocycles. The van der Waals surface area contributed by atoms with E-state index in [2.05, 4.69) is 37.0 Å². The maximum atomic E-state index is 13.5. The summed E-state index contributed by atoms with van der Waals surface area (Å²) in [7, 11) is 0. The number of hydrogen-bond acceptors (Lipinski definition) is 5. The highest BCUT2D eigenvalue weighted by molar-refractivity contribution is 9.10. The van der Waals surface area contributed by atoms with E-state index in [4.69, 9.17) is 25.7 Å². The largest absolute Gasteiger partial charge is 0.486 e. The molecule has 0 amide bonds. The molecule has 0 saturated carbocycles. The van der Waals surface area contributed by atoms with Gasteiger partial charge in [-0.15, -0.1) is 0 Å². The van der Waals surface area contributed by atoms with E-state index in [1.165, 1.54) is 23.0 Å². The molecular formula is C30H17Br2ClFN3O3. The van der Waals surface area contributed by atoms with Crippen LogP contribution in [0.25, 0.3) is 33.5 Å². The first-order valence-corrected chi connectivity index (χ1v) is 13.9. The third kappa shape index (κ3) is 5.32. The van der Waals surface area contributed by atoms with E-state index in [0.29, 0.717) is 43.1 Å². The van der Waals surface area contributed by atoms with Crippen LogP contribution in [0.4, 0.5) is 4.39 Å². The Kier molecular flexibility index (Phi) is 7.27. The van der Waals surface area contributed by atoms with Crippen molar-refractivity contribution in [3.63, 3.8) is 0 Å². The molecule has 0 spiro atoms. The fraction of sp³-hybridized carbons (Fsp3) is 0.0333. The summed E-state index contributed by atoms with van der Waals surface area (Å²) in [5.41, 5.74) is 2.25. The first-order chi connectivity index (χ1) is 19.4. The molecule has 0 radical (unpaired) electrons. The van der Waals surface area contributed by atoms with Crippen molar-refractivity contribution in [2.75, 3.05) is 0 Å². The molecule has 2 heterocycles. The van der Waals surface area contributed by atoms with E-state index in [1.807, 2.05) is 30.3 Å². The highest BCUT2D eigenvalue weighted by Gasteiger charge is 2.17. The molecule has 40 heavy (non-hydrogen) atoms. The Morgan fingerprint density at radius 2 is 1.82 bits per heavy atom. The molecule has 0 bridgehead atoms.